The fourth-order valence-electron chi connectivity index (χ4n) is 3.19. The van der Waals surface area contributed by atoms with Crippen molar-refractivity contribution in [2.75, 3.05) is 32.2 Å². The third-order valence-corrected chi connectivity index (χ3v) is 5.11. The van der Waals surface area contributed by atoms with Crippen molar-refractivity contribution in [2.24, 2.45) is 0 Å². The first-order chi connectivity index (χ1) is 14.0. The lowest BCUT2D eigenvalue weighted by atomic mass is 10.0. The first-order valence-corrected chi connectivity index (χ1v) is 9.58. The molecule has 2 N–H and O–H groups in total. The summed E-state index contributed by atoms with van der Waals surface area (Å²) < 4.78 is 10.3. The molecule has 2 aromatic heterocycles. The molecule has 10 nitrogen and oxygen atoms in total. The topological polar surface area (TPSA) is 122 Å². The second-order valence-electron chi connectivity index (χ2n) is 6.53. The maximum absolute atomic E-state index is 12.6. The Hall–Kier alpha value is -2.72. The quantitative estimate of drug-likeness (QED) is 0.666. The molecule has 0 radical (unpaired) electrons. The van der Waals surface area contributed by atoms with E-state index in [4.69, 9.17) is 21.1 Å². The first-order valence-electron chi connectivity index (χ1n) is 9.21. The van der Waals surface area contributed by atoms with Gasteiger partial charge in [0.2, 0.25) is 5.95 Å². The fourth-order valence-corrected chi connectivity index (χ4v) is 3.45. The van der Waals surface area contributed by atoms with E-state index in [9.17, 15) is 9.59 Å². The number of aromatic nitrogens is 4. The van der Waals surface area contributed by atoms with Crippen molar-refractivity contribution in [3.05, 3.63) is 34.6 Å². The Morgan fingerprint density at radius 3 is 2.83 bits per heavy atom. The number of hydrogen-bond donors (Lipinski definition) is 2. The molecule has 1 aliphatic heterocycles. The molecule has 1 aliphatic rings. The number of piperidine rings is 1. The van der Waals surface area contributed by atoms with Crippen LogP contribution >= 0.6 is 11.6 Å². The van der Waals surface area contributed by atoms with E-state index in [0.29, 0.717) is 37.0 Å². The summed E-state index contributed by atoms with van der Waals surface area (Å²) in [7, 11) is 2.88. The largest absolute Gasteiger partial charge is 0.464 e. The minimum absolute atomic E-state index is 0.179. The number of nitrogens with one attached hydrogen (secondary N) is 2. The number of aromatic amines is 1. The number of anilines is 1. The summed E-state index contributed by atoms with van der Waals surface area (Å²) in [6.07, 6.45) is 2.47. The molecular weight excluding hydrogens is 400 g/mol. The summed E-state index contributed by atoms with van der Waals surface area (Å²) in [6, 6.07) is 1.27. The van der Waals surface area contributed by atoms with Crippen LogP contribution in [0.25, 0.3) is 0 Å². The Bertz CT molecular complexity index is 889. The normalized spacial score (nSPS) is 19.1. The van der Waals surface area contributed by atoms with Crippen LogP contribution in [0.15, 0.2) is 12.3 Å². The average molecular weight is 423 g/mol. The highest BCUT2D eigenvalue weighted by molar-refractivity contribution is 6.30. The van der Waals surface area contributed by atoms with Gasteiger partial charge in [-0.05, 0) is 18.9 Å². The summed E-state index contributed by atoms with van der Waals surface area (Å²) in [5.41, 5.74) is 0.904. The Labute approximate surface area is 173 Å². The van der Waals surface area contributed by atoms with Gasteiger partial charge < -0.3 is 24.7 Å². The van der Waals surface area contributed by atoms with Gasteiger partial charge in [-0.15, -0.1) is 0 Å². The lowest BCUT2D eigenvalue weighted by Gasteiger charge is -2.37. The van der Waals surface area contributed by atoms with Gasteiger partial charge in [-0.1, -0.05) is 18.5 Å². The van der Waals surface area contributed by atoms with Crippen LogP contribution in [0.1, 0.15) is 40.1 Å². The maximum atomic E-state index is 12.6. The molecular formula is C18H23ClN6O4. The number of esters is 1. The highest BCUT2D eigenvalue weighted by Gasteiger charge is 2.32. The van der Waals surface area contributed by atoms with E-state index < -0.39 is 5.97 Å². The molecule has 3 heterocycles. The lowest BCUT2D eigenvalue weighted by Crippen LogP contribution is -2.55. The number of imidazole rings is 1. The van der Waals surface area contributed by atoms with Gasteiger partial charge in [0.1, 0.15) is 0 Å². The van der Waals surface area contributed by atoms with Gasteiger partial charge in [-0.2, -0.15) is 0 Å². The van der Waals surface area contributed by atoms with Gasteiger partial charge in [0.15, 0.2) is 16.7 Å². The standard InChI is InChI=1S/C18H23ClN6O4/c1-4-10-14(19)24-15(21-10)16(26)22-11-6-8-25(9-13(11)28-2)18-20-7-5-12(23-18)17(27)29-3/h5,7,11,13H,4,6,8-9H2,1-3H3,(H,21,24)(H,22,26). The molecule has 2 unspecified atom stereocenters. The van der Waals surface area contributed by atoms with Gasteiger partial charge in [-0.25, -0.2) is 19.7 Å². The van der Waals surface area contributed by atoms with E-state index in [1.807, 2.05) is 11.8 Å². The Balaban J connectivity index is 1.68. The van der Waals surface area contributed by atoms with E-state index in [1.54, 1.807) is 7.11 Å². The van der Waals surface area contributed by atoms with Crippen molar-refractivity contribution < 1.29 is 19.1 Å². The van der Waals surface area contributed by atoms with E-state index in [2.05, 4.69) is 25.3 Å². The minimum atomic E-state index is -0.525. The van der Waals surface area contributed by atoms with E-state index in [-0.39, 0.29) is 29.6 Å². The summed E-state index contributed by atoms with van der Waals surface area (Å²) in [4.78, 5) is 41.7. The van der Waals surface area contributed by atoms with Crippen LogP contribution < -0.4 is 10.2 Å². The molecule has 29 heavy (non-hydrogen) atoms. The number of halogens is 1. The second-order valence-corrected chi connectivity index (χ2v) is 6.89. The predicted molar refractivity (Wildman–Crippen MR) is 105 cm³/mol. The number of carbonyl (C=O) groups excluding carboxylic acids is 2. The SMILES string of the molecule is CCc1[nH]c(C(=O)NC2CCN(c3nccc(C(=O)OC)n3)CC2OC)nc1Cl. The van der Waals surface area contributed by atoms with E-state index >= 15 is 0 Å². The fraction of sp³-hybridized carbons (Fsp3) is 0.500. The molecule has 0 aliphatic carbocycles. The van der Waals surface area contributed by atoms with Crippen LogP contribution in [0, 0.1) is 0 Å². The van der Waals surface area contributed by atoms with Crippen LogP contribution in [0.3, 0.4) is 0 Å². The molecule has 0 saturated carbocycles. The summed E-state index contributed by atoms with van der Waals surface area (Å²) in [5.74, 6) is -0.276. The van der Waals surface area contributed by atoms with Crippen molar-refractivity contribution in [2.45, 2.75) is 31.9 Å². The number of carbonyl (C=O) groups is 2. The molecule has 2 aromatic rings. The van der Waals surface area contributed by atoms with Gasteiger partial charge >= 0.3 is 5.97 Å². The zero-order chi connectivity index (χ0) is 21.0. The average Bonchev–Trinajstić information content (AvgIpc) is 3.14. The third kappa shape index (κ3) is 4.65. The Morgan fingerprint density at radius 2 is 2.17 bits per heavy atom. The van der Waals surface area contributed by atoms with Crippen LogP contribution in [0.5, 0.6) is 0 Å². The number of amides is 1. The molecule has 156 valence electrons. The number of ether oxygens (including phenoxy) is 2. The number of nitrogens with zero attached hydrogens (tertiary/aromatic N) is 4. The second kappa shape index (κ2) is 9.19. The lowest BCUT2D eigenvalue weighted by molar-refractivity contribution is 0.0533. The minimum Gasteiger partial charge on any atom is -0.464 e. The van der Waals surface area contributed by atoms with Crippen molar-refractivity contribution in [1.82, 2.24) is 25.3 Å². The van der Waals surface area contributed by atoms with Crippen molar-refractivity contribution in [3.63, 3.8) is 0 Å². The monoisotopic (exact) mass is 422 g/mol. The molecule has 2 atom stereocenters. The number of H-pyrrole nitrogens is 1. The summed E-state index contributed by atoms with van der Waals surface area (Å²) in [6.45, 7) is 2.95. The highest BCUT2D eigenvalue weighted by Crippen LogP contribution is 2.20. The summed E-state index contributed by atoms with van der Waals surface area (Å²) in [5, 5.41) is 3.26. The Morgan fingerprint density at radius 1 is 1.38 bits per heavy atom. The van der Waals surface area contributed by atoms with E-state index in [0.717, 1.165) is 5.69 Å². The molecule has 3 rings (SSSR count). The molecule has 1 saturated heterocycles. The molecule has 1 fully saturated rings. The third-order valence-electron chi connectivity index (χ3n) is 4.80. The van der Waals surface area contributed by atoms with Gasteiger partial charge in [0.05, 0.1) is 24.9 Å². The van der Waals surface area contributed by atoms with E-state index in [1.165, 1.54) is 19.4 Å². The van der Waals surface area contributed by atoms with Gasteiger partial charge in [-0.3, -0.25) is 4.79 Å². The molecule has 1 amide bonds. The van der Waals surface area contributed by atoms with Crippen LogP contribution in [-0.2, 0) is 15.9 Å². The number of hydrogen-bond acceptors (Lipinski definition) is 8. The smallest absolute Gasteiger partial charge is 0.356 e. The zero-order valence-electron chi connectivity index (χ0n) is 16.4. The maximum Gasteiger partial charge on any atom is 0.356 e. The summed E-state index contributed by atoms with van der Waals surface area (Å²) >= 11 is 6.02. The molecule has 0 bridgehead atoms. The van der Waals surface area contributed by atoms with Gasteiger partial charge in [0, 0.05) is 26.4 Å². The van der Waals surface area contributed by atoms with Crippen molar-refractivity contribution in [3.8, 4) is 0 Å². The number of methoxy groups -OCH3 is 2. The van der Waals surface area contributed by atoms with Crippen LogP contribution in [-0.4, -0.2) is 71.3 Å². The van der Waals surface area contributed by atoms with Crippen molar-refractivity contribution in [1.29, 1.82) is 0 Å². The zero-order valence-corrected chi connectivity index (χ0v) is 17.2. The van der Waals surface area contributed by atoms with Crippen LogP contribution in [0.2, 0.25) is 5.15 Å². The predicted octanol–water partition coefficient (Wildman–Crippen LogP) is 1.23. The number of rotatable bonds is 6. The van der Waals surface area contributed by atoms with Gasteiger partial charge in [0.25, 0.3) is 5.91 Å². The molecule has 11 heteroatoms. The number of aryl methyl sites for hydroxylation is 1. The highest BCUT2D eigenvalue weighted by atomic mass is 35.5. The Kier molecular flexibility index (Phi) is 6.65. The molecule has 0 aromatic carbocycles. The van der Waals surface area contributed by atoms with Crippen molar-refractivity contribution >= 4 is 29.4 Å². The van der Waals surface area contributed by atoms with Crippen LogP contribution in [0.4, 0.5) is 5.95 Å². The first kappa shape index (κ1) is 21.0. The molecule has 0 spiro atoms.